The minimum absolute atomic E-state index is 0.308. The van der Waals surface area contributed by atoms with Gasteiger partial charge in [0.2, 0.25) is 10.0 Å². The molecule has 2 heterocycles. The Morgan fingerprint density at radius 3 is 2.45 bits per heavy atom. The number of sulfonamides is 1. The third-order valence-corrected chi connectivity index (χ3v) is 7.76. The number of nitrogens with zero attached hydrogens (tertiary/aromatic N) is 2. The van der Waals surface area contributed by atoms with Crippen LogP contribution in [0.5, 0.6) is 0 Å². The molecule has 0 spiro atoms. The van der Waals surface area contributed by atoms with Crippen LogP contribution in [0.4, 0.5) is 0 Å². The predicted octanol–water partition coefficient (Wildman–Crippen LogP) is 1.69. The van der Waals surface area contributed by atoms with Crippen molar-refractivity contribution in [2.75, 3.05) is 45.9 Å². The van der Waals surface area contributed by atoms with Crippen molar-refractivity contribution < 1.29 is 13.2 Å². The van der Waals surface area contributed by atoms with Gasteiger partial charge in [-0.05, 0) is 38.1 Å². The number of hydrogen-bond donors (Lipinski definition) is 0. The summed E-state index contributed by atoms with van der Waals surface area (Å²) in [6, 6.07) is 0. The first-order valence-corrected chi connectivity index (χ1v) is 10.5. The highest BCUT2D eigenvalue weighted by Crippen LogP contribution is 2.25. The molecule has 1 unspecified atom stereocenters. The highest BCUT2D eigenvalue weighted by atomic mass is 32.2. The maximum Gasteiger partial charge on any atom is 0.219 e. The second-order valence-electron chi connectivity index (χ2n) is 7.09. The molecule has 2 saturated heterocycles. The van der Waals surface area contributed by atoms with Gasteiger partial charge in [0.05, 0.1) is 6.61 Å². The molecule has 128 valence electrons. The van der Waals surface area contributed by atoms with Crippen LogP contribution in [0.15, 0.2) is 0 Å². The lowest BCUT2D eigenvalue weighted by atomic mass is 9.89. The molecular weight excluding hydrogens is 300 g/mol. The summed E-state index contributed by atoms with van der Waals surface area (Å²) in [7, 11) is -3.16. The van der Waals surface area contributed by atoms with E-state index in [1.54, 1.807) is 4.31 Å². The molecule has 1 aliphatic carbocycles. The fourth-order valence-corrected chi connectivity index (χ4v) is 5.88. The Hall–Kier alpha value is -0.170. The predicted molar refractivity (Wildman–Crippen MR) is 87.3 cm³/mol. The summed E-state index contributed by atoms with van der Waals surface area (Å²) in [6.07, 6.45) is 8.48. The molecule has 0 aromatic carbocycles. The van der Waals surface area contributed by atoms with Gasteiger partial charge in [0.25, 0.3) is 0 Å². The Kier molecular flexibility index (Phi) is 5.76. The average molecular weight is 330 g/mol. The summed E-state index contributed by atoms with van der Waals surface area (Å²) in [4.78, 5) is 2.50. The van der Waals surface area contributed by atoms with E-state index in [0.717, 1.165) is 25.4 Å². The van der Waals surface area contributed by atoms with Gasteiger partial charge in [0, 0.05) is 32.8 Å². The van der Waals surface area contributed by atoms with Crippen LogP contribution in [-0.2, 0) is 14.8 Å². The number of rotatable bonds is 4. The summed E-state index contributed by atoms with van der Waals surface area (Å²) in [5.74, 6) is 0.833. The van der Waals surface area contributed by atoms with E-state index in [9.17, 15) is 8.42 Å². The van der Waals surface area contributed by atoms with Crippen molar-refractivity contribution in [1.29, 1.82) is 0 Å². The zero-order valence-electron chi connectivity index (χ0n) is 13.6. The second-order valence-corrected chi connectivity index (χ2v) is 9.30. The minimum Gasteiger partial charge on any atom is -0.380 e. The molecule has 1 saturated carbocycles. The van der Waals surface area contributed by atoms with Crippen molar-refractivity contribution >= 4 is 10.0 Å². The molecule has 0 radical (unpaired) electrons. The smallest absolute Gasteiger partial charge is 0.219 e. The van der Waals surface area contributed by atoms with Gasteiger partial charge < -0.3 is 9.64 Å². The molecule has 3 rings (SSSR count). The van der Waals surface area contributed by atoms with Gasteiger partial charge in [-0.15, -0.1) is 0 Å². The lowest BCUT2D eigenvalue weighted by Gasteiger charge is -2.29. The fourth-order valence-electron chi connectivity index (χ4n) is 4.08. The van der Waals surface area contributed by atoms with Gasteiger partial charge in [-0.1, -0.05) is 19.3 Å². The van der Waals surface area contributed by atoms with Gasteiger partial charge in [-0.25, -0.2) is 12.7 Å². The largest absolute Gasteiger partial charge is 0.380 e. The van der Waals surface area contributed by atoms with Crippen LogP contribution >= 0.6 is 0 Å². The van der Waals surface area contributed by atoms with Gasteiger partial charge in [0.15, 0.2) is 0 Å². The highest BCUT2D eigenvalue weighted by molar-refractivity contribution is 7.89. The van der Waals surface area contributed by atoms with Crippen molar-refractivity contribution in [2.45, 2.75) is 50.2 Å². The molecule has 0 bridgehead atoms. The van der Waals surface area contributed by atoms with E-state index in [-0.39, 0.29) is 5.25 Å². The van der Waals surface area contributed by atoms with Crippen LogP contribution in [-0.4, -0.2) is 68.8 Å². The molecule has 0 amide bonds. The SMILES string of the molecule is O=S(=O)(C1CCOC1)N1CCCN(CC2CCCCC2)CC1. The Bertz CT molecular complexity index is 442. The molecule has 5 nitrogen and oxygen atoms in total. The Labute approximate surface area is 135 Å². The zero-order chi connectivity index (χ0) is 15.4. The first kappa shape index (κ1) is 16.7. The summed E-state index contributed by atoms with van der Waals surface area (Å²) in [5, 5.41) is -0.308. The van der Waals surface area contributed by atoms with E-state index >= 15 is 0 Å². The summed E-state index contributed by atoms with van der Waals surface area (Å²) < 4.78 is 32.3. The Morgan fingerprint density at radius 2 is 1.73 bits per heavy atom. The van der Waals surface area contributed by atoms with Crippen LogP contribution in [0, 0.1) is 5.92 Å². The average Bonchev–Trinajstić information content (AvgIpc) is 2.97. The van der Waals surface area contributed by atoms with E-state index in [1.165, 1.54) is 38.6 Å². The molecule has 2 aliphatic heterocycles. The molecule has 3 aliphatic rings. The van der Waals surface area contributed by atoms with E-state index < -0.39 is 10.0 Å². The Balaban J connectivity index is 1.52. The van der Waals surface area contributed by atoms with Crippen molar-refractivity contribution in [3.05, 3.63) is 0 Å². The summed E-state index contributed by atoms with van der Waals surface area (Å²) in [6.45, 7) is 5.41. The first-order chi connectivity index (χ1) is 10.7. The van der Waals surface area contributed by atoms with Crippen LogP contribution in [0.1, 0.15) is 44.9 Å². The van der Waals surface area contributed by atoms with E-state index in [0.29, 0.717) is 32.7 Å². The van der Waals surface area contributed by atoms with Crippen molar-refractivity contribution in [1.82, 2.24) is 9.21 Å². The fraction of sp³-hybridized carbons (Fsp3) is 1.00. The van der Waals surface area contributed by atoms with Crippen molar-refractivity contribution in [3.8, 4) is 0 Å². The van der Waals surface area contributed by atoms with Gasteiger partial charge in [-0.2, -0.15) is 0 Å². The topological polar surface area (TPSA) is 49.9 Å². The third-order valence-electron chi connectivity index (χ3n) is 5.46. The zero-order valence-corrected chi connectivity index (χ0v) is 14.4. The van der Waals surface area contributed by atoms with Gasteiger partial charge in [-0.3, -0.25) is 0 Å². The third kappa shape index (κ3) is 4.02. The molecular formula is C16H30N2O3S. The lowest BCUT2D eigenvalue weighted by Crippen LogP contribution is -2.41. The van der Waals surface area contributed by atoms with Gasteiger partial charge >= 0.3 is 0 Å². The van der Waals surface area contributed by atoms with Crippen LogP contribution in [0.3, 0.4) is 0 Å². The van der Waals surface area contributed by atoms with Crippen LogP contribution in [0.2, 0.25) is 0 Å². The molecule has 3 fully saturated rings. The van der Waals surface area contributed by atoms with Crippen molar-refractivity contribution in [2.24, 2.45) is 5.92 Å². The van der Waals surface area contributed by atoms with Gasteiger partial charge in [0.1, 0.15) is 5.25 Å². The molecule has 22 heavy (non-hydrogen) atoms. The molecule has 1 atom stereocenters. The summed E-state index contributed by atoms with van der Waals surface area (Å²) in [5.41, 5.74) is 0. The highest BCUT2D eigenvalue weighted by Gasteiger charge is 2.35. The van der Waals surface area contributed by atoms with Crippen molar-refractivity contribution in [3.63, 3.8) is 0 Å². The van der Waals surface area contributed by atoms with E-state index in [4.69, 9.17) is 4.74 Å². The molecule has 6 heteroatoms. The normalized spacial score (nSPS) is 30.5. The molecule has 0 aromatic rings. The maximum absolute atomic E-state index is 12.7. The molecule has 0 N–H and O–H groups in total. The second kappa shape index (κ2) is 7.60. The van der Waals surface area contributed by atoms with E-state index in [1.807, 2.05) is 0 Å². The quantitative estimate of drug-likeness (QED) is 0.787. The standard InChI is InChI=1S/C16H30N2O3S/c19-22(20,16-7-12-21-14-16)18-9-4-8-17(10-11-18)13-15-5-2-1-3-6-15/h15-16H,1-14H2. The van der Waals surface area contributed by atoms with Crippen LogP contribution in [0.25, 0.3) is 0 Å². The van der Waals surface area contributed by atoms with Crippen LogP contribution < -0.4 is 0 Å². The summed E-state index contributed by atoms with van der Waals surface area (Å²) >= 11 is 0. The monoisotopic (exact) mass is 330 g/mol. The Morgan fingerprint density at radius 1 is 0.909 bits per heavy atom. The lowest BCUT2D eigenvalue weighted by molar-refractivity contribution is 0.197. The number of hydrogen-bond acceptors (Lipinski definition) is 4. The number of ether oxygens (including phenoxy) is 1. The minimum atomic E-state index is -3.16. The van der Waals surface area contributed by atoms with E-state index in [2.05, 4.69) is 4.90 Å². The first-order valence-electron chi connectivity index (χ1n) is 8.95. The maximum atomic E-state index is 12.7. The molecule has 0 aromatic heterocycles.